The molecule has 146 valence electrons. The van der Waals surface area contributed by atoms with E-state index >= 15 is 0 Å². The van der Waals surface area contributed by atoms with Gasteiger partial charge in [-0.2, -0.15) is 0 Å². The molecule has 5 heteroatoms. The number of fused-ring (bicyclic) bond motifs is 3. The van der Waals surface area contributed by atoms with Gasteiger partial charge in [-0.1, -0.05) is 35.9 Å². The van der Waals surface area contributed by atoms with Gasteiger partial charge in [0, 0.05) is 43.1 Å². The van der Waals surface area contributed by atoms with Crippen molar-refractivity contribution in [2.24, 2.45) is 5.92 Å². The van der Waals surface area contributed by atoms with E-state index in [0.29, 0.717) is 38.2 Å². The van der Waals surface area contributed by atoms with E-state index in [1.807, 2.05) is 59.2 Å². The van der Waals surface area contributed by atoms with Crippen LogP contribution in [0.1, 0.15) is 40.9 Å². The van der Waals surface area contributed by atoms with E-state index < -0.39 is 0 Å². The van der Waals surface area contributed by atoms with Crippen LogP contribution in [0.3, 0.4) is 0 Å². The Morgan fingerprint density at radius 3 is 2.71 bits per heavy atom. The van der Waals surface area contributed by atoms with Gasteiger partial charge in [0.25, 0.3) is 5.91 Å². The maximum absolute atomic E-state index is 13.4. The molecule has 1 fully saturated rings. The Morgan fingerprint density at radius 2 is 1.96 bits per heavy atom. The molecule has 2 aliphatic heterocycles. The number of ether oxygens (including phenoxy) is 1. The van der Waals surface area contributed by atoms with Crippen molar-refractivity contribution in [3.8, 4) is 5.75 Å². The molecule has 0 aliphatic carbocycles. The second-order valence-electron chi connectivity index (χ2n) is 7.60. The van der Waals surface area contributed by atoms with Crippen LogP contribution in [0.4, 0.5) is 0 Å². The number of benzene rings is 2. The summed E-state index contributed by atoms with van der Waals surface area (Å²) >= 11 is 0. The number of carbonyl (C=O) groups excluding carboxylic acids is 2. The standard InChI is InChI=1S/C23H26N2O3/c1-3-24-14-18-15-28-20-10-9-16(2)13-19(20)22(18)25(12-11-21(24)26)23(27)17-7-5-4-6-8-17/h4-10,13,18,22H,3,11-12,14-15H2,1-2H3/t18-,22-/m0/s1. The first-order valence-corrected chi connectivity index (χ1v) is 9.95. The maximum atomic E-state index is 13.4. The molecule has 2 aromatic rings. The van der Waals surface area contributed by atoms with E-state index in [2.05, 4.69) is 13.0 Å². The van der Waals surface area contributed by atoms with Gasteiger partial charge >= 0.3 is 0 Å². The zero-order valence-corrected chi connectivity index (χ0v) is 16.4. The zero-order valence-electron chi connectivity index (χ0n) is 16.4. The third-order valence-electron chi connectivity index (χ3n) is 5.76. The Balaban J connectivity index is 1.79. The normalized spacial score (nSPS) is 21.9. The quantitative estimate of drug-likeness (QED) is 0.804. The van der Waals surface area contributed by atoms with Crippen LogP contribution < -0.4 is 4.74 Å². The molecule has 0 saturated carbocycles. The number of hydrogen-bond acceptors (Lipinski definition) is 3. The Bertz CT molecular complexity index is 881. The van der Waals surface area contributed by atoms with E-state index in [4.69, 9.17) is 4.74 Å². The lowest BCUT2D eigenvalue weighted by Gasteiger charge is -2.44. The van der Waals surface area contributed by atoms with Crippen molar-refractivity contribution in [1.29, 1.82) is 0 Å². The fourth-order valence-electron chi connectivity index (χ4n) is 4.33. The largest absolute Gasteiger partial charge is 0.493 e. The highest BCUT2D eigenvalue weighted by Gasteiger charge is 2.40. The molecule has 0 N–H and O–H groups in total. The highest BCUT2D eigenvalue weighted by atomic mass is 16.5. The Kier molecular flexibility index (Phi) is 5.07. The van der Waals surface area contributed by atoms with Gasteiger partial charge in [-0.05, 0) is 32.0 Å². The molecule has 28 heavy (non-hydrogen) atoms. The van der Waals surface area contributed by atoms with E-state index in [-0.39, 0.29) is 23.8 Å². The van der Waals surface area contributed by atoms with Crippen LogP contribution in [0.25, 0.3) is 0 Å². The van der Waals surface area contributed by atoms with Gasteiger partial charge in [0.1, 0.15) is 5.75 Å². The lowest BCUT2D eigenvalue weighted by atomic mass is 9.86. The monoisotopic (exact) mass is 378 g/mol. The average molecular weight is 378 g/mol. The zero-order chi connectivity index (χ0) is 19.7. The molecule has 2 aliphatic rings. The van der Waals surface area contributed by atoms with Crippen molar-refractivity contribution in [3.63, 3.8) is 0 Å². The van der Waals surface area contributed by atoms with Gasteiger partial charge < -0.3 is 14.5 Å². The van der Waals surface area contributed by atoms with Gasteiger partial charge in [-0.3, -0.25) is 9.59 Å². The molecule has 1 saturated heterocycles. The molecule has 0 unspecified atom stereocenters. The molecule has 5 nitrogen and oxygen atoms in total. The molecule has 2 aromatic carbocycles. The number of aryl methyl sites for hydroxylation is 1. The summed E-state index contributed by atoms with van der Waals surface area (Å²) in [6.45, 7) is 6.25. The molecule has 0 bridgehead atoms. The Morgan fingerprint density at radius 1 is 1.18 bits per heavy atom. The third kappa shape index (κ3) is 3.37. The van der Waals surface area contributed by atoms with E-state index in [1.54, 1.807) is 0 Å². The number of rotatable bonds is 2. The lowest BCUT2D eigenvalue weighted by Crippen LogP contribution is -2.51. The molecule has 0 spiro atoms. The van der Waals surface area contributed by atoms with E-state index in [9.17, 15) is 9.59 Å². The van der Waals surface area contributed by atoms with Crippen LogP contribution in [0.2, 0.25) is 0 Å². The van der Waals surface area contributed by atoms with Crippen LogP contribution in [-0.4, -0.2) is 47.9 Å². The summed E-state index contributed by atoms with van der Waals surface area (Å²) in [5.41, 5.74) is 2.84. The minimum Gasteiger partial charge on any atom is -0.493 e. The smallest absolute Gasteiger partial charge is 0.254 e. The SMILES string of the molecule is CCN1C[C@H]2COc3ccc(C)cc3[C@H]2N(C(=O)c2ccccc2)CCC1=O. The number of hydrogen-bond donors (Lipinski definition) is 0. The van der Waals surface area contributed by atoms with Crippen LogP contribution >= 0.6 is 0 Å². The fraction of sp³-hybridized carbons (Fsp3) is 0.391. The second-order valence-corrected chi connectivity index (χ2v) is 7.60. The molecule has 0 radical (unpaired) electrons. The summed E-state index contributed by atoms with van der Waals surface area (Å²) in [6.07, 6.45) is 0.345. The summed E-state index contributed by atoms with van der Waals surface area (Å²) in [5.74, 6) is 0.961. The summed E-state index contributed by atoms with van der Waals surface area (Å²) in [4.78, 5) is 29.8. The fourth-order valence-corrected chi connectivity index (χ4v) is 4.33. The highest BCUT2D eigenvalue weighted by molar-refractivity contribution is 5.95. The summed E-state index contributed by atoms with van der Waals surface area (Å²) in [6, 6.07) is 15.4. The number of carbonyl (C=O) groups is 2. The first-order chi connectivity index (χ1) is 13.6. The van der Waals surface area contributed by atoms with Gasteiger partial charge in [-0.25, -0.2) is 0 Å². The summed E-state index contributed by atoms with van der Waals surface area (Å²) < 4.78 is 6.03. The van der Waals surface area contributed by atoms with Crippen LogP contribution in [-0.2, 0) is 4.79 Å². The molecule has 2 heterocycles. The predicted molar refractivity (Wildman–Crippen MR) is 107 cm³/mol. The summed E-state index contributed by atoms with van der Waals surface area (Å²) in [5, 5.41) is 0. The van der Waals surface area contributed by atoms with Crippen molar-refractivity contribution in [3.05, 3.63) is 65.2 Å². The lowest BCUT2D eigenvalue weighted by molar-refractivity contribution is -0.134. The van der Waals surface area contributed by atoms with Crippen molar-refractivity contribution in [1.82, 2.24) is 9.80 Å². The van der Waals surface area contributed by atoms with E-state index in [1.165, 1.54) is 0 Å². The second kappa shape index (κ2) is 7.66. The summed E-state index contributed by atoms with van der Waals surface area (Å²) in [7, 11) is 0. The van der Waals surface area contributed by atoms with Crippen molar-refractivity contribution >= 4 is 11.8 Å². The number of amides is 2. The maximum Gasteiger partial charge on any atom is 0.254 e. The van der Waals surface area contributed by atoms with Crippen molar-refractivity contribution < 1.29 is 14.3 Å². The van der Waals surface area contributed by atoms with Gasteiger partial charge in [-0.15, -0.1) is 0 Å². The average Bonchev–Trinajstić information content (AvgIpc) is 2.71. The van der Waals surface area contributed by atoms with Gasteiger partial charge in [0.15, 0.2) is 0 Å². The molecule has 2 amide bonds. The number of nitrogens with zero attached hydrogens (tertiary/aromatic N) is 2. The minimum atomic E-state index is -0.0986. The highest BCUT2D eigenvalue weighted by Crippen LogP contribution is 2.41. The van der Waals surface area contributed by atoms with Crippen molar-refractivity contribution in [2.45, 2.75) is 26.3 Å². The first kappa shape index (κ1) is 18.5. The Hall–Kier alpha value is -2.82. The topological polar surface area (TPSA) is 49.9 Å². The van der Waals surface area contributed by atoms with E-state index in [0.717, 1.165) is 16.9 Å². The van der Waals surface area contributed by atoms with Gasteiger partial charge in [0.05, 0.1) is 12.6 Å². The third-order valence-corrected chi connectivity index (χ3v) is 5.76. The van der Waals surface area contributed by atoms with Crippen LogP contribution in [0, 0.1) is 12.8 Å². The molecular formula is C23H26N2O3. The molecular weight excluding hydrogens is 352 g/mol. The first-order valence-electron chi connectivity index (χ1n) is 9.95. The van der Waals surface area contributed by atoms with Gasteiger partial charge in [0.2, 0.25) is 5.91 Å². The van der Waals surface area contributed by atoms with Crippen LogP contribution in [0.15, 0.2) is 48.5 Å². The van der Waals surface area contributed by atoms with Crippen molar-refractivity contribution in [2.75, 3.05) is 26.2 Å². The molecule has 0 aromatic heterocycles. The molecule has 4 rings (SSSR count). The van der Waals surface area contributed by atoms with Crippen LogP contribution in [0.5, 0.6) is 5.75 Å². The Labute approximate surface area is 165 Å². The predicted octanol–water partition coefficient (Wildman–Crippen LogP) is 3.44. The molecule has 2 atom stereocenters. The minimum absolute atomic E-state index is 0.0253.